The van der Waals surface area contributed by atoms with Gasteiger partial charge in [0.2, 0.25) is 0 Å². The first-order valence-corrected chi connectivity index (χ1v) is 4.26. The van der Waals surface area contributed by atoms with Crippen LogP contribution < -0.4 is 5.73 Å². The molecule has 6 heteroatoms. The minimum absolute atomic E-state index is 0.0748. The molecule has 2 atom stereocenters. The van der Waals surface area contributed by atoms with E-state index in [0.29, 0.717) is 0 Å². The number of nitrogens with one attached hydrogen (secondary N) is 1. The smallest absolute Gasteiger partial charge is 0.320 e. The Hall–Kier alpha value is -0.620. The van der Waals surface area contributed by atoms with Crippen LogP contribution in [0.4, 0.5) is 0 Å². The quantitative estimate of drug-likeness (QED) is 0.524. The van der Waals surface area contributed by atoms with Crippen molar-refractivity contribution in [3.63, 3.8) is 0 Å². The van der Waals surface area contributed by atoms with Gasteiger partial charge >= 0.3 is 5.97 Å². The van der Waals surface area contributed by atoms with E-state index in [1.807, 2.05) is 0 Å². The number of carboxylic acids is 1. The van der Waals surface area contributed by atoms with Crippen molar-refractivity contribution in [2.24, 2.45) is 5.73 Å². The monoisotopic (exact) mass is 179 g/mol. The molecule has 0 aromatic rings. The molecule has 0 aromatic carbocycles. The van der Waals surface area contributed by atoms with E-state index >= 15 is 0 Å². The lowest BCUT2D eigenvalue weighted by atomic mass is 10.2. The Labute approximate surface area is 66.6 Å². The highest BCUT2D eigenvalue weighted by molar-refractivity contribution is 7.74. The second kappa shape index (κ2) is 4.30. The highest BCUT2D eigenvalue weighted by Gasteiger charge is 2.11. The molecule has 0 aromatic heterocycles. The molecule has 0 heterocycles. The molecule has 0 saturated carbocycles. The van der Waals surface area contributed by atoms with Crippen LogP contribution in [0.5, 0.6) is 0 Å². The maximum absolute atomic E-state index is 10.4. The van der Waals surface area contributed by atoms with Crippen molar-refractivity contribution in [1.29, 1.82) is 4.78 Å². The van der Waals surface area contributed by atoms with E-state index in [0.717, 1.165) is 0 Å². The highest BCUT2D eigenvalue weighted by atomic mass is 32.2. The van der Waals surface area contributed by atoms with E-state index in [9.17, 15) is 9.00 Å². The van der Waals surface area contributed by atoms with Crippen LogP contribution in [0, 0.1) is 4.78 Å². The second-order valence-electron chi connectivity index (χ2n) is 2.29. The average Bonchev–Trinajstić information content (AvgIpc) is 1.87. The summed E-state index contributed by atoms with van der Waals surface area (Å²) in [5.74, 6) is -1.12. The van der Waals surface area contributed by atoms with Crippen LogP contribution in [-0.2, 0) is 19.6 Å². The molecule has 0 aliphatic carbocycles. The molecular formula is C5H11N2O3S-. The molecule has 0 radical (unpaired) electrons. The standard InChI is InChI=1S/C5H11N2O3S/c1-3(11(7)10)2-4(6)5(8)9/h3-4,7H,2,6H2,1H3,(H,8,9)/q-1/t3-,4-/m0/s1. The molecular weight excluding hydrogens is 168 g/mol. The highest BCUT2D eigenvalue weighted by Crippen LogP contribution is 1.99. The van der Waals surface area contributed by atoms with Crippen molar-refractivity contribution >= 4 is 16.6 Å². The van der Waals surface area contributed by atoms with Gasteiger partial charge in [0.05, 0.1) is 0 Å². The maximum atomic E-state index is 10.4. The van der Waals surface area contributed by atoms with Gasteiger partial charge in [0.1, 0.15) is 6.04 Å². The summed E-state index contributed by atoms with van der Waals surface area (Å²) in [6.45, 7) is 1.53. The first-order chi connectivity index (χ1) is 4.95. The Kier molecular flexibility index (Phi) is 4.06. The Morgan fingerprint density at radius 1 is 1.82 bits per heavy atom. The van der Waals surface area contributed by atoms with E-state index in [-0.39, 0.29) is 6.42 Å². The van der Waals surface area contributed by atoms with E-state index in [2.05, 4.69) is 0 Å². The summed E-state index contributed by atoms with van der Waals surface area (Å²) in [5.41, 5.74) is 5.14. The van der Waals surface area contributed by atoms with Gasteiger partial charge in [0.25, 0.3) is 0 Å². The number of aliphatic carboxylic acids is 1. The summed E-state index contributed by atoms with van der Waals surface area (Å²) < 4.78 is 17.2. The van der Waals surface area contributed by atoms with Crippen molar-refractivity contribution in [3.8, 4) is 0 Å². The molecule has 0 spiro atoms. The summed E-state index contributed by atoms with van der Waals surface area (Å²) in [7, 11) is -1.74. The lowest BCUT2D eigenvalue weighted by Gasteiger charge is -2.14. The third-order valence-electron chi connectivity index (χ3n) is 1.27. The van der Waals surface area contributed by atoms with Crippen LogP contribution in [-0.4, -0.2) is 22.4 Å². The minimum Gasteiger partial charge on any atom is -0.480 e. The van der Waals surface area contributed by atoms with Gasteiger partial charge in [-0.05, 0) is 6.42 Å². The number of carboxylic acid groups (broad SMARTS) is 1. The zero-order valence-corrected chi connectivity index (χ0v) is 6.93. The fourth-order valence-corrected chi connectivity index (χ4v) is 0.928. The molecule has 5 nitrogen and oxygen atoms in total. The van der Waals surface area contributed by atoms with E-state index < -0.39 is 27.9 Å². The normalized spacial score (nSPS) is 16.3. The number of hydrogen-bond donors (Lipinski definition) is 3. The largest absolute Gasteiger partial charge is 0.480 e. The van der Waals surface area contributed by atoms with Gasteiger partial charge in [-0.3, -0.25) is 4.79 Å². The van der Waals surface area contributed by atoms with Crippen molar-refractivity contribution in [2.75, 3.05) is 0 Å². The van der Waals surface area contributed by atoms with Gasteiger partial charge in [0.15, 0.2) is 0 Å². The topological polar surface area (TPSA) is 104 Å². The summed E-state index contributed by atoms with van der Waals surface area (Å²) in [4.78, 5) is 10.2. The van der Waals surface area contributed by atoms with Crippen LogP contribution in [0.2, 0.25) is 0 Å². The number of hydrogen-bond acceptors (Lipinski definition) is 5. The van der Waals surface area contributed by atoms with Crippen LogP contribution in [0.25, 0.3) is 0 Å². The van der Waals surface area contributed by atoms with E-state index in [1.165, 1.54) is 6.92 Å². The van der Waals surface area contributed by atoms with E-state index in [1.54, 1.807) is 0 Å². The van der Waals surface area contributed by atoms with Crippen LogP contribution >= 0.6 is 0 Å². The summed E-state index contributed by atoms with van der Waals surface area (Å²) in [6, 6.07) is -1.01. The molecule has 0 aliphatic heterocycles. The molecule has 0 fully saturated rings. The Morgan fingerprint density at radius 2 is 2.27 bits per heavy atom. The van der Waals surface area contributed by atoms with Crippen LogP contribution in [0.1, 0.15) is 13.3 Å². The van der Waals surface area contributed by atoms with Crippen molar-refractivity contribution in [2.45, 2.75) is 24.6 Å². The predicted octanol–water partition coefficient (Wildman–Crippen LogP) is -0.0969. The number of carbonyl (C=O) groups is 1. The van der Waals surface area contributed by atoms with Gasteiger partial charge in [0, 0.05) is 0 Å². The minimum atomic E-state index is -1.74. The zero-order valence-electron chi connectivity index (χ0n) is 6.11. The fraction of sp³-hybridized carbons (Fsp3) is 0.800. The molecule has 0 aliphatic rings. The summed E-state index contributed by atoms with van der Waals surface area (Å²) in [5, 5.41) is 7.84. The Balaban J connectivity index is 3.94. The average molecular weight is 179 g/mol. The summed E-state index contributed by atoms with van der Waals surface area (Å²) in [6.07, 6.45) is 0.0748. The number of nitrogens with two attached hydrogens (primary N) is 1. The Morgan fingerprint density at radius 3 is 2.55 bits per heavy atom. The molecule has 4 N–H and O–H groups in total. The lowest BCUT2D eigenvalue weighted by molar-refractivity contribution is -0.138. The van der Waals surface area contributed by atoms with Crippen LogP contribution in [0.15, 0.2) is 0 Å². The SMILES string of the molecule is C[C@@H](C[C@H](N)C(=O)O)[S-](=N)=O. The molecule has 0 amide bonds. The molecule has 66 valence electrons. The van der Waals surface area contributed by atoms with Crippen molar-refractivity contribution < 1.29 is 14.1 Å². The first-order valence-electron chi connectivity index (χ1n) is 3.05. The maximum Gasteiger partial charge on any atom is 0.320 e. The molecule has 0 unspecified atom stereocenters. The molecule has 11 heavy (non-hydrogen) atoms. The van der Waals surface area contributed by atoms with Crippen molar-refractivity contribution in [3.05, 3.63) is 0 Å². The van der Waals surface area contributed by atoms with Gasteiger partial charge in [-0.2, -0.15) is 10.6 Å². The van der Waals surface area contributed by atoms with Crippen LogP contribution in [0.3, 0.4) is 0 Å². The fourth-order valence-electron chi connectivity index (χ4n) is 0.546. The predicted molar refractivity (Wildman–Crippen MR) is 40.5 cm³/mol. The first kappa shape index (κ1) is 10.4. The van der Waals surface area contributed by atoms with E-state index in [4.69, 9.17) is 15.6 Å². The van der Waals surface area contributed by atoms with Gasteiger partial charge in [-0.25, -0.2) is 0 Å². The Bertz CT molecular complexity index is 206. The second-order valence-corrected chi connectivity index (χ2v) is 3.69. The molecule has 0 bridgehead atoms. The van der Waals surface area contributed by atoms with Gasteiger partial charge < -0.3 is 19.8 Å². The van der Waals surface area contributed by atoms with Gasteiger partial charge in [-0.15, -0.1) is 0 Å². The van der Waals surface area contributed by atoms with Crippen molar-refractivity contribution in [1.82, 2.24) is 0 Å². The lowest BCUT2D eigenvalue weighted by Crippen LogP contribution is -2.33. The third kappa shape index (κ3) is 3.94. The number of rotatable bonds is 4. The summed E-state index contributed by atoms with van der Waals surface area (Å²) >= 11 is 0. The third-order valence-corrected chi connectivity index (χ3v) is 2.19. The zero-order chi connectivity index (χ0) is 9.02. The molecule has 0 saturated heterocycles. The molecule has 0 rings (SSSR count). The van der Waals surface area contributed by atoms with Gasteiger partial charge in [-0.1, -0.05) is 12.2 Å².